The average molecular weight is 472 g/mol. The highest BCUT2D eigenvalue weighted by Gasteiger charge is 2.65. The van der Waals surface area contributed by atoms with Crippen molar-refractivity contribution in [3.8, 4) is 16.9 Å². The zero-order valence-electron chi connectivity index (χ0n) is 17.8. The summed E-state index contributed by atoms with van der Waals surface area (Å²) in [5.74, 6) is -14.4. The zero-order valence-corrected chi connectivity index (χ0v) is 17.8. The Kier molecular flexibility index (Phi) is 6.22. The first kappa shape index (κ1) is 23.6. The molecule has 0 aromatic heterocycles. The maximum Gasteiger partial charge on any atom is 0.343 e. The van der Waals surface area contributed by atoms with Gasteiger partial charge in [-0.2, -0.15) is 17.6 Å². The van der Waals surface area contributed by atoms with Gasteiger partial charge in [-0.15, -0.1) is 6.58 Å². The van der Waals surface area contributed by atoms with Crippen LogP contribution in [0.4, 0.5) is 26.3 Å². The summed E-state index contributed by atoms with van der Waals surface area (Å²) in [5, 5.41) is 0. The Morgan fingerprint density at radius 3 is 2.12 bits per heavy atom. The second-order valence-corrected chi connectivity index (χ2v) is 7.93. The van der Waals surface area contributed by atoms with E-state index in [0.29, 0.717) is 12.8 Å². The molecule has 0 saturated carbocycles. The number of hydrogen-bond acceptors (Lipinski definition) is 3. The molecule has 4 rings (SSSR count). The molecule has 0 unspecified atom stereocenters. The molecule has 0 bridgehead atoms. The molecule has 2 aliphatic rings. The van der Waals surface area contributed by atoms with Gasteiger partial charge < -0.3 is 14.2 Å². The van der Waals surface area contributed by atoms with Crippen molar-refractivity contribution in [3.05, 3.63) is 65.2 Å². The number of benzene rings is 2. The van der Waals surface area contributed by atoms with Gasteiger partial charge in [-0.3, -0.25) is 0 Å². The molecular weight excluding hydrogens is 450 g/mol. The van der Waals surface area contributed by atoms with Crippen molar-refractivity contribution in [1.82, 2.24) is 0 Å². The van der Waals surface area contributed by atoms with Crippen LogP contribution in [0.1, 0.15) is 42.4 Å². The minimum absolute atomic E-state index is 0.0254. The van der Waals surface area contributed by atoms with E-state index in [2.05, 4.69) is 6.58 Å². The third kappa shape index (κ3) is 3.71. The van der Waals surface area contributed by atoms with Gasteiger partial charge in [0.2, 0.25) is 0 Å². The van der Waals surface area contributed by atoms with E-state index in [1.807, 2.05) is 0 Å². The van der Waals surface area contributed by atoms with Gasteiger partial charge in [-0.1, -0.05) is 18.2 Å². The molecule has 33 heavy (non-hydrogen) atoms. The number of allylic oxidation sites excluding steroid dienone is 1. The highest BCUT2D eigenvalue weighted by Crippen LogP contribution is 2.60. The number of rotatable bonds is 6. The number of fused-ring (bicyclic) bond motifs is 3. The summed E-state index contributed by atoms with van der Waals surface area (Å²) >= 11 is 0. The molecule has 1 aliphatic heterocycles. The maximum absolute atomic E-state index is 15.4. The van der Waals surface area contributed by atoms with Crippen LogP contribution in [0, 0.1) is 11.6 Å². The third-order valence-corrected chi connectivity index (χ3v) is 5.90. The molecule has 1 fully saturated rings. The van der Waals surface area contributed by atoms with Crippen molar-refractivity contribution >= 4 is 0 Å². The lowest BCUT2D eigenvalue weighted by molar-refractivity contribution is -0.228. The summed E-state index contributed by atoms with van der Waals surface area (Å²) in [7, 11) is 0. The largest absolute Gasteiger partial charge is 0.491 e. The zero-order chi connectivity index (χ0) is 24.0. The fourth-order valence-electron chi connectivity index (χ4n) is 4.25. The average Bonchev–Trinajstić information content (AvgIpc) is 2.78. The lowest BCUT2D eigenvalue weighted by atomic mass is 9.78. The van der Waals surface area contributed by atoms with E-state index in [1.54, 1.807) is 6.08 Å². The predicted octanol–water partition coefficient (Wildman–Crippen LogP) is 6.65. The Balaban J connectivity index is 1.78. The van der Waals surface area contributed by atoms with Crippen LogP contribution in [0.2, 0.25) is 0 Å². The summed E-state index contributed by atoms with van der Waals surface area (Å²) in [6.45, 7) is 5.00. The van der Waals surface area contributed by atoms with Crippen LogP contribution < -0.4 is 4.74 Å². The standard InChI is InChI=1S/C24H22F6O3/c1-3-5-6-18-32-11-13(12-33-18)14-7-8-15-16-9-10-17(31-4-2)22(26)20(16)24(29,30)23(27,28)19(15)21(14)25/h3,7-10,13,18H,1,4-6,11-12H2,2H3. The number of ether oxygens (including phenoxy) is 3. The van der Waals surface area contributed by atoms with Gasteiger partial charge in [0.05, 0.1) is 30.9 Å². The molecule has 0 amide bonds. The first-order valence-corrected chi connectivity index (χ1v) is 10.5. The van der Waals surface area contributed by atoms with Gasteiger partial charge in [-0.25, -0.2) is 8.78 Å². The van der Waals surface area contributed by atoms with Gasteiger partial charge in [-0.05, 0) is 42.2 Å². The maximum atomic E-state index is 15.4. The van der Waals surface area contributed by atoms with Gasteiger partial charge >= 0.3 is 11.8 Å². The summed E-state index contributed by atoms with van der Waals surface area (Å²) in [6, 6.07) is 4.45. The summed E-state index contributed by atoms with van der Waals surface area (Å²) in [5.41, 5.74) is -4.19. The van der Waals surface area contributed by atoms with Crippen LogP contribution >= 0.6 is 0 Å². The predicted molar refractivity (Wildman–Crippen MR) is 109 cm³/mol. The highest BCUT2D eigenvalue weighted by atomic mass is 19.3. The smallest absolute Gasteiger partial charge is 0.343 e. The second-order valence-electron chi connectivity index (χ2n) is 7.93. The van der Waals surface area contributed by atoms with E-state index in [9.17, 15) is 13.2 Å². The molecule has 0 spiro atoms. The van der Waals surface area contributed by atoms with E-state index >= 15 is 13.2 Å². The molecule has 3 nitrogen and oxygen atoms in total. The first-order valence-electron chi connectivity index (χ1n) is 10.5. The highest BCUT2D eigenvalue weighted by molar-refractivity contribution is 5.77. The van der Waals surface area contributed by atoms with Crippen LogP contribution in [0.25, 0.3) is 11.1 Å². The Morgan fingerprint density at radius 2 is 1.55 bits per heavy atom. The molecular formula is C24H22F6O3. The van der Waals surface area contributed by atoms with Gasteiger partial charge in [0.15, 0.2) is 17.9 Å². The Bertz CT molecular complexity index is 1060. The molecule has 0 atom stereocenters. The fourth-order valence-corrected chi connectivity index (χ4v) is 4.25. The van der Waals surface area contributed by atoms with Crippen molar-refractivity contribution < 1.29 is 40.6 Å². The fraction of sp³-hybridized carbons (Fsp3) is 0.417. The second kappa shape index (κ2) is 8.68. The van der Waals surface area contributed by atoms with Crippen LogP contribution in [0.3, 0.4) is 0 Å². The Labute approximate surface area is 187 Å². The van der Waals surface area contributed by atoms with E-state index in [0.717, 1.165) is 18.2 Å². The number of hydrogen-bond donors (Lipinski definition) is 0. The number of halogens is 6. The van der Waals surface area contributed by atoms with E-state index < -0.39 is 63.7 Å². The van der Waals surface area contributed by atoms with Crippen molar-refractivity contribution in [2.45, 2.75) is 43.8 Å². The quantitative estimate of drug-likeness (QED) is 0.348. The van der Waals surface area contributed by atoms with Crippen LogP contribution in [0.15, 0.2) is 36.9 Å². The Morgan fingerprint density at radius 1 is 0.970 bits per heavy atom. The van der Waals surface area contributed by atoms with Crippen LogP contribution in [0.5, 0.6) is 5.75 Å². The van der Waals surface area contributed by atoms with E-state index in [1.165, 1.54) is 13.0 Å². The Hall–Kier alpha value is -2.52. The van der Waals surface area contributed by atoms with Crippen LogP contribution in [-0.2, 0) is 21.3 Å². The normalized spacial score (nSPS) is 22.9. The van der Waals surface area contributed by atoms with Crippen molar-refractivity contribution in [3.63, 3.8) is 0 Å². The minimum Gasteiger partial charge on any atom is -0.491 e. The summed E-state index contributed by atoms with van der Waals surface area (Å²) in [6.07, 6.45) is 2.30. The van der Waals surface area contributed by atoms with Crippen LogP contribution in [-0.4, -0.2) is 26.1 Å². The lowest BCUT2D eigenvalue weighted by Gasteiger charge is -2.36. The van der Waals surface area contributed by atoms with Crippen molar-refractivity contribution in [1.29, 1.82) is 0 Å². The van der Waals surface area contributed by atoms with Gasteiger partial charge in [0, 0.05) is 12.3 Å². The van der Waals surface area contributed by atoms with Crippen molar-refractivity contribution in [2.75, 3.05) is 19.8 Å². The van der Waals surface area contributed by atoms with Gasteiger partial charge in [0.1, 0.15) is 5.82 Å². The summed E-state index contributed by atoms with van der Waals surface area (Å²) < 4.78 is 106. The molecule has 1 saturated heterocycles. The molecule has 1 aliphatic carbocycles. The number of alkyl halides is 4. The molecule has 9 heteroatoms. The monoisotopic (exact) mass is 472 g/mol. The molecule has 1 heterocycles. The van der Waals surface area contributed by atoms with Gasteiger partial charge in [0.25, 0.3) is 0 Å². The molecule has 2 aromatic rings. The first-order chi connectivity index (χ1) is 15.6. The summed E-state index contributed by atoms with van der Waals surface area (Å²) in [4.78, 5) is 0. The molecule has 0 N–H and O–H groups in total. The lowest BCUT2D eigenvalue weighted by Crippen LogP contribution is -2.41. The van der Waals surface area contributed by atoms with E-state index in [4.69, 9.17) is 14.2 Å². The molecule has 178 valence electrons. The topological polar surface area (TPSA) is 27.7 Å². The third-order valence-electron chi connectivity index (χ3n) is 5.90. The SMILES string of the molecule is C=CCCC1OCC(c2ccc3c(c2F)C(F)(F)C(F)(F)c2c-3ccc(OCC)c2F)CO1. The minimum atomic E-state index is -5.00. The van der Waals surface area contributed by atoms with Crippen molar-refractivity contribution in [2.24, 2.45) is 0 Å². The van der Waals surface area contributed by atoms with E-state index in [-0.39, 0.29) is 25.4 Å². The molecule has 0 radical (unpaired) electrons. The molecule has 2 aromatic carbocycles.